The number of amides is 1. The molecular formula is C13H12Cl2N2OS2. The highest BCUT2D eigenvalue weighted by Crippen LogP contribution is 2.24. The Labute approximate surface area is 135 Å². The number of carbonyl (C=O) groups is 1. The molecule has 2 aromatic rings. The summed E-state index contributed by atoms with van der Waals surface area (Å²) in [5, 5.41) is 6.34. The summed E-state index contributed by atoms with van der Waals surface area (Å²) < 4.78 is 0. The average molecular weight is 347 g/mol. The first-order chi connectivity index (χ1) is 9.65. The number of halogens is 2. The number of thioether (sulfide) groups is 1. The lowest BCUT2D eigenvalue weighted by atomic mass is 10.2. The first-order valence-corrected chi connectivity index (χ1v) is 8.65. The van der Waals surface area contributed by atoms with Crippen LogP contribution < -0.4 is 5.32 Å². The third-order valence-corrected chi connectivity index (χ3v) is 4.86. The van der Waals surface area contributed by atoms with Crippen molar-refractivity contribution in [2.24, 2.45) is 0 Å². The van der Waals surface area contributed by atoms with Gasteiger partial charge < -0.3 is 5.32 Å². The molecule has 0 atom stereocenters. The quantitative estimate of drug-likeness (QED) is 0.770. The third-order valence-electron chi connectivity index (χ3n) is 2.40. The molecule has 0 fully saturated rings. The number of rotatable bonds is 6. The second-order valence-electron chi connectivity index (χ2n) is 3.94. The maximum Gasteiger partial charge on any atom is 0.226 e. The lowest BCUT2D eigenvalue weighted by Gasteiger charge is -2.04. The van der Waals surface area contributed by atoms with E-state index in [-0.39, 0.29) is 5.91 Å². The van der Waals surface area contributed by atoms with E-state index in [0.717, 1.165) is 17.1 Å². The van der Waals surface area contributed by atoms with Gasteiger partial charge >= 0.3 is 0 Å². The third kappa shape index (κ3) is 4.98. The number of anilines is 1. The summed E-state index contributed by atoms with van der Waals surface area (Å²) in [5.41, 5.74) is 1.10. The number of benzene rings is 1. The Morgan fingerprint density at radius 3 is 2.90 bits per heavy atom. The van der Waals surface area contributed by atoms with Gasteiger partial charge in [-0.2, -0.15) is 11.8 Å². The molecule has 0 saturated heterocycles. The Bertz CT molecular complexity index is 576. The zero-order valence-corrected chi connectivity index (χ0v) is 13.6. The average Bonchev–Trinajstić information content (AvgIpc) is 2.91. The molecule has 0 bridgehead atoms. The molecule has 0 aliphatic rings. The number of carbonyl (C=O) groups excluding carboxylic acids is 1. The number of thiazole rings is 1. The molecule has 106 valence electrons. The van der Waals surface area contributed by atoms with E-state index in [9.17, 15) is 4.79 Å². The van der Waals surface area contributed by atoms with Gasteiger partial charge in [-0.1, -0.05) is 29.3 Å². The maximum absolute atomic E-state index is 11.6. The smallest absolute Gasteiger partial charge is 0.226 e. The van der Waals surface area contributed by atoms with Crippen LogP contribution in [0.3, 0.4) is 0 Å². The lowest BCUT2D eigenvalue weighted by molar-refractivity contribution is -0.115. The number of hydrogen-bond acceptors (Lipinski definition) is 4. The first-order valence-electron chi connectivity index (χ1n) is 5.86. The largest absolute Gasteiger partial charge is 0.302 e. The van der Waals surface area contributed by atoms with Crippen molar-refractivity contribution in [2.75, 3.05) is 11.1 Å². The molecule has 3 nitrogen and oxygen atoms in total. The summed E-state index contributed by atoms with van der Waals surface area (Å²) in [7, 11) is 0. The number of nitrogens with zero attached hydrogens (tertiary/aromatic N) is 1. The van der Waals surface area contributed by atoms with Crippen LogP contribution in [0, 0.1) is 0 Å². The highest BCUT2D eigenvalue weighted by Gasteiger charge is 2.04. The molecule has 1 amide bonds. The minimum Gasteiger partial charge on any atom is -0.302 e. The van der Waals surface area contributed by atoms with E-state index in [0.29, 0.717) is 21.6 Å². The first kappa shape index (κ1) is 15.6. The molecule has 1 heterocycles. The summed E-state index contributed by atoms with van der Waals surface area (Å²) in [4.78, 5) is 15.6. The molecule has 0 saturated carbocycles. The molecule has 0 unspecified atom stereocenters. The Kier molecular flexibility index (Phi) is 6.16. The van der Waals surface area contributed by atoms with Gasteiger partial charge in [0.15, 0.2) is 5.13 Å². The normalized spacial score (nSPS) is 10.5. The monoisotopic (exact) mass is 346 g/mol. The molecule has 0 aliphatic heterocycles. The van der Waals surface area contributed by atoms with Gasteiger partial charge in [-0.3, -0.25) is 4.79 Å². The predicted molar refractivity (Wildman–Crippen MR) is 88.0 cm³/mol. The Morgan fingerprint density at radius 2 is 2.20 bits per heavy atom. The van der Waals surface area contributed by atoms with Gasteiger partial charge in [0, 0.05) is 29.5 Å². The van der Waals surface area contributed by atoms with Gasteiger partial charge in [0.05, 0.1) is 10.0 Å². The van der Waals surface area contributed by atoms with Gasteiger partial charge in [-0.05, 0) is 17.7 Å². The van der Waals surface area contributed by atoms with Crippen molar-refractivity contribution in [3.8, 4) is 0 Å². The second kappa shape index (κ2) is 7.88. The molecule has 1 aromatic carbocycles. The molecule has 1 N–H and O–H groups in total. The van der Waals surface area contributed by atoms with Crippen LogP contribution in [0.2, 0.25) is 10.0 Å². The lowest BCUT2D eigenvalue weighted by Crippen LogP contribution is -2.11. The second-order valence-corrected chi connectivity index (χ2v) is 6.75. The Hall–Kier alpha value is -0.750. The summed E-state index contributed by atoms with van der Waals surface area (Å²) in [5.74, 6) is 1.54. The van der Waals surface area contributed by atoms with Crippen LogP contribution in [0.25, 0.3) is 0 Å². The van der Waals surface area contributed by atoms with Crippen LogP contribution in [-0.4, -0.2) is 16.6 Å². The standard InChI is InChI=1S/C13H12Cl2N2OS2/c14-10-2-1-9(7-11(10)15)8-19-5-3-12(18)17-13-16-4-6-20-13/h1-2,4,6-7H,3,5,8H2,(H,16,17,18). The van der Waals surface area contributed by atoms with E-state index < -0.39 is 0 Å². The van der Waals surface area contributed by atoms with E-state index >= 15 is 0 Å². The summed E-state index contributed by atoms with van der Waals surface area (Å²) in [6.07, 6.45) is 2.13. The molecule has 7 heteroatoms. The van der Waals surface area contributed by atoms with Gasteiger partial charge in [0.2, 0.25) is 5.91 Å². The van der Waals surface area contributed by atoms with Crippen molar-refractivity contribution in [3.05, 3.63) is 45.4 Å². The van der Waals surface area contributed by atoms with E-state index in [2.05, 4.69) is 10.3 Å². The minimum atomic E-state index is -0.0124. The Morgan fingerprint density at radius 1 is 1.35 bits per heavy atom. The summed E-state index contributed by atoms with van der Waals surface area (Å²) in [6, 6.07) is 5.58. The van der Waals surface area contributed by atoms with Crippen LogP contribution in [0.15, 0.2) is 29.8 Å². The van der Waals surface area contributed by atoms with Crippen molar-refractivity contribution in [3.63, 3.8) is 0 Å². The SMILES string of the molecule is O=C(CCSCc1ccc(Cl)c(Cl)c1)Nc1nccs1. The van der Waals surface area contributed by atoms with Crippen molar-refractivity contribution >= 4 is 57.3 Å². The van der Waals surface area contributed by atoms with Gasteiger partial charge in [0.25, 0.3) is 0 Å². The van der Waals surface area contributed by atoms with Crippen LogP contribution in [0.1, 0.15) is 12.0 Å². The Balaban J connectivity index is 1.68. The van der Waals surface area contributed by atoms with Crippen LogP contribution in [0.4, 0.5) is 5.13 Å². The molecule has 20 heavy (non-hydrogen) atoms. The molecule has 2 rings (SSSR count). The highest BCUT2D eigenvalue weighted by atomic mass is 35.5. The number of nitrogens with one attached hydrogen (secondary N) is 1. The van der Waals surface area contributed by atoms with Gasteiger partial charge in [0.1, 0.15) is 0 Å². The summed E-state index contributed by atoms with van der Waals surface area (Å²) in [6.45, 7) is 0. The van der Waals surface area contributed by atoms with Crippen molar-refractivity contribution < 1.29 is 4.79 Å². The highest BCUT2D eigenvalue weighted by molar-refractivity contribution is 7.98. The number of aromatic nitrogens is 1. The fraction of sp³-hybridized carbons (Fsp3) is 0.231. The van der Waals surface area contributed by atoms with Crippen LogP contribution >= 0.6 is 46.3 Å². The van der Waals surface area contributed by atoms with E-state index in [4.69, 9.17) is 23.2 Å². The van der Waals surface area contributed by atoms with Crippen molar-refractivity contribution in [1.29, 1.82) is 0 Å². The van der Waals surface area contributed by atoms with Crippen molar-refractivity contribution in [1.82, 2.24) is 4.98 Å². The van der Waals surface area contributed by atoms with E-state index in [1.807, 2.05) is 17.5 Å². The molecular weight excluding hydrogens is 335 g/mol. The predicted octanol–water partition coefficient (Wildman–Crippen LogP) is 4.71. The fourth-order valence-corrected chi connectivity index (χ4v) is 3.21. The fourth-order valence-electron chi connectivity index (χ4n) is 1.45. The van der Waals surface area contributed by atoms with E-state index in [1.54, 1.807) is 24.0 Å². The van der Waals surface area contributed by atoms with Crippen molar-refractivity contribution in [2.45, 2.75) is 12.2 Å². The molecule has 0 spiro atoms. The van der Waals surface area contributed by atoms with Gasteiger partial charge in [-0.15, -0.1) is 11.3 Å². The van der Waals surface area contributed by atoms with Crippen LogP contribution in [-0.2, 0) is 10.5 Å². The minimum absolute atomic E-state index is 0.0124. The number of hydrogen-bond donors (Lipinski definition) is 1. The molecule has 0 radical (unpaired) electrons. The zero-order chi connectivity index (χ0) is 14.4. The molecule has 1 aromatic heterocycles. The molecule has 0 aliphatic carbocycles. The van der Waals surface area contributed by atoms with Gasteiger partial charge in [-0.25, -0.2) is 4.98 Å². The topological polar surface area (TPSA) is 42.0 Å². The zero-order valence-electron chi connectivity index (χ0n) is 10.4. The van der Waals surface area contributed by atoms with E-state index in [1.165, 1.54) is 11.3 Å². The maximum atomic E-state index is 11.6. The van der Waals surface area contributed by atoms with Crippen LogP contribution in [0.5, 0.6) is 0 Å². The summed E-state index contributed by atoms with van der Waals surface area (Å²) >= 11 is 14.9.